The van der Waals surface area contributed by atoms with E-state index in [2.05, 4.69) is 10.2 Å². The second-order valence-corrected chi connectivity index (χ2v) is 4.75. The van der Waals surface area contributed by atoms with Crippen LogP contribution in [0.25, 0.3) is 0 Å². The number of carbonyl (C=O) groups excluding carboxylic acids is 1. The van der Waals surface area contributed by atoms with Gasteiger partial charge in [0.25, 0.3) is 5.91 Å². The number of aliphatic carboxylic acids is 1. The third kappa shape index (κ3) is 4.46. The van der Waals surface area contributed by atoms with Crippen LogP contribution in [0, 0.1) is 0 Å². The third-order valence-electron chi connectivity index (χ3n) is 3.29. The molecule has 0 saturated carbocycles. The Bertz CT molecular complexity index is 481. The Morgan fingerprint density at radius 2 is 1.71 bits per heavy atom. The van der Waals surface area contributed by atoms with Crippen molar-refractivity contribution in [1.29, 1.82) is 0 Å². The van der Waals surface area contributed by atoms with Gasteiger partial charge >= 0.3 is 5.97 Å². The topological polar surface area (TPSA) is 89.9 Å². The Hall–Kier alpha value is -2.08. The molecule has 1 aromatic rings. The van der Waals surface area contributed by atoms with E-state index in [0.29, 0.717) is 5.56 Å². The standard InChI is InChI=1S/C15H22N2O4/c1-4-17(5-2)12-8-6-11(7-9-12)14(19)16-13(10(3)18)15(20)21/h6-10,13,18H,4-5H2,1-3H3,(H,16,19)(H,20,21). The van der Waals surface area contributed by atoms with Crippen molar-refractivity contribution in [3.8, 4) is 0 Å². The number of nitrogens with zero attached hydrogens (tertiary/aromatic N) is 1. The van der Waals surface area contributed by atoms with Crippen LogP contribution in [0.1, 0.15) is 31.1 Å². The van der Waals surface area contributed by atoms with Crippen LogP contribution in [-0.2, 0) is 4.79 Å². The quantitative estimate of drug-likeness (QED) is 0.700. The van der Waals surface area contributed by atoms with Crippen LogP contribution in [-0.4, -0.2) is 47.3 Å². The van der Waals surface area contributed by atoms with Crippen molar-refractivity contribution >= 4 is 17.6 Å². The predicted octanol–water partition coefficient (Wildman–Crippen LogP) is 1.10. The number of carboxylic acid groups (broad SMARTS) is 1. The van der Waals surface area contributed by atoms with Crippen molar-refractivity contribution in [3.05, 3.63) is 29.8 Å². The van der Waals surface area contributed by atoms with Crippen LogP contribution in [0.4, 0.5) is 5.69 Å². The summed E-state index contributed by atoms with van der Waals surface area (Å²) < 4.78 is 0. The highest BCUT2D eigenvalue weighted by Crippen LogP contribution is 2.15. The fourth-order valence-corrected chi connectivity index (χ4v) is 2.03. The van der Waals surface area contributed by atoms with Crippen LogP contribution < -0.4 is 10.2 Å². The number of amides is 1. The molecule has 116 valence electrons. The number of rotatable bonds is 7. The van der Waals surface area contributed by atoms with E-state index in [0.717, 1.165) is 18.8 Å². The molecule has 2 atom stereocenters. The van der Waals surface area contributed by atoms with Crippen LogP contribution in [0.15, 0.2) is 24.3 Å². The van der Waals surface area contributed by atoms with Crippen LogP contribution in [0.5, 0.6) is 0 Å². The molecule has 0 heterocycles. The summed E-state index contributed by atoms with van der Waals surface area (Å²) in [6.07, 6.45) is -1.17. The Morgan fingerprint density at radius 3 is 2.10 bits per heavy atom. The lowest BCUT2D eigenvalue weighted by molar-refractivity contribution is -0.141. The summed E-state index contributed by atoms with van der Waals surface area (Å²) in [6, 6.07) is 5.61. The number of hydrogen-bond donors (Lipinski definition) is 3. The summed E-state index contributed by atoms with van der Waals surface area (Å²) in [7, 11) is 0. The molecule has 0 fully saturated rings. The molecule has 0 radical (unpaired) electrons. The number of nitrogens with one attached hydrogen (secondary N) is 1. The molecule has 1 rings (SSSR count). The number of hydrogen-bond acceptors (Lipinski definition) is 4. The van der Waals surface area contributed by atoms with Crippen molar-refractivity contribution in [3.63, 3.8) is 0 Å². The molecule has 2 unspecified atom stereocenters. The monoisotopic (exact) mass is 294 g/mol. The van der Waals surface area contributed by atoms with Crippen LogP contribution in [0.2, 0.25) is 0 Å². The minimum Gasteiger partial charge on any atom is -0.480 e. The second kappa shape index (κ2) is 7.64. The summed E-state index contributed by atoms with van der Waals surface area (Å²) in [5.41, 5.74) is 1.36. The Labute approximate surface area is 124 Å². The van der Waals surface area contributed by atoms with E-state index in [9.17, 15) is 14.7 Å². The normalized spacial score (nSPS) is 13.3. The van der Waals surface area contributed by atoms with E-state index in [1.54, 1.807) is 12.1 Å². The maximum absolute atomic E-state index is 12.0. The Morgan fingerprint density at radius 1 is 1.19 bits per heavy atom. The molecule has 6 nitrogen and oxygen atoms in total. The van der Waals surface area contributed by atoms with E-state index in [-0.39, 0.29) is 0 Å². The van der Waals surface area contributed by atoms with Crippen molar-refractivity contribution < 1.29 is 19.8 Å². The molecule has 0 aromatic heterocycles. The van der Waals surface area contributed by atoms with Crippen LogP contribution >= 0.6 is 0 Å². The number of benzene rings is 1. The van der Waals surface area contributed by atoms with E-state index < -0.39 is 24.0 Å². The fourth-order valence-electron chi connectivity index (χ4n) is 2.03. The summed E-state index contributed by atoms with van der Waals surface area (Å²) in [4.78, 5) is 25.1. The Kier molecular flexibility index (Phi) is 6.17. The molecule has 0 aliphatic carbocycles. The zero-order valence-electron chi connectivity index (χ0n) is 12.5. The summed E-state index contributed by atoms with van der Waals surface area (Å²) >= 11 is 0. The highest BCUT2D eigenvalue weighted by atomic mass is 16.4. The van der Waals surface area contributed by atoms with Crippen molar-refractivity contribution in [1.82, 2.24) is 5.32 Å². The van der Waals surface area contributed by atoms with Crippen molar-refractivity contribution in [2.75, 3.05) is 18.0 Å². The summed E-state index contributed by atoms with van der Waals surface area (Å²) in [5, 5.41) is 20.6. The maximum Gasteiger partial charge on any atom is 0.328 e. The van der Waals surface area contributed by atoms with E-state index >= 15 is 0 Å². The van der Waals surface area contributed by atoms with Gasteiger partial charge in [0.1, 0.15) is 0 Å². The molecule has 0 aliphatic heterocycles. The number of anilines is 1. The molecular formula is C15H22N2O4. The SMILES string of the molecule is CCN(CC)c1ccc(C(=O)NC(C(=O)O)C(C)O)cc1. The van der Waals surface area contributed by atoms with Gasteiger partial charge in [-0.25, -0.2) is 4.79 Å². The first-order chi connectivity index (χ1) is 9.90. The highest BCUT2D eigenvalue weighted by Gasteiger charge is 2.25. The molecule has 0 bridgehead atoms. The molecule has 0 saturated heterocycles. The van der Waals surface area contributed by atoms with Gasteiger partial charge in [0.2, 0.25) is 0 Å². The van der Waals surface area contributed by atoms with E-state index in [4.69, 9.17) is 5.11 Å². The smallest absolute Gasteiger partial charge is 0.328 e. The molecule has 1 amide bonds. The van der Waals surface area contributed by atoms with Gasteiger partial charge in [-0.15, -0.1) is 0 Å². The third-order valence-corrected chi connectivity index (χ3v) is 3.29. The zero-order valence-corrected chi connectivity index (χ0v) is 12.5. The van der Waals surface area contributed by atoms with Gasteiger partial charge in [-0.1, -0.05) is 0 Å². The number of aliphatic hydroxyl groups excluding tert-OH is 1. The molecule has 21 heavy (non-hydrogen) atoms. The number of aliphatic hydroxyl groups is 1. The minimum absolute atomic E-state index is 0.359. The first-order valence-corrected chi connectivity index (χ1v) is 6.97. The average Bonchev–Trinajstić information content (AvgIpc) is 2.45. The molecule has 1 aromatic carbocycles. The molecule has 3 N–H and O–H groups in total. The lowest BCUT2D eigenvalue weighted by Crippen LogP contribution is -2.47. The summed E-state index contributed by atoms with van der Waals surface area (Å²) in [6.45, 7) is 7.15. The van der Waals surface area contributed by atoms with Crippen molar-refractivity contribution in [2.24, 2.45) is 0 Å². The van der Waals surface area contributed by atoms with Gasteiger partial charge in [-0.2, -0.15) is 0 Å². The van der Waals surface area contributed by atoms with Gasteiger partial charge < -0.3 is 20.4 Å². The lowest BCUT2D eigenvalue weighted by Gasteiger charge is -2.21. The molecular weight excluding hydrogens is 272 g/mol. The molecule has 6 heteroatoms. The number of carboxylic acids is 1. The van der Waals surface area contributed by atoms with Crippen molar-refractivity contribution in [2.45, 2.75) is 32.9 Å². The molecule has 0 aliphatic rings. The van der Waals surface area contributed by atoms with Gasteiger partial charge in [0.15, 0.2) is 6.04 Å². The second-order valence-electron chi connectivity index (χ2n) is 4.75. The van der Waals surface area contributed by atoms with Gasteiger partial charge in [0.05, 0.1) is 6.10 Å². The molecule has 0 spiro atoms. The van der Waals surface area contributed by atoms with Gasteiger partial charge in [-0.05, 0) is 45.0 Å². The van der Waals surface area contributed by atoms with Gasteiger partial charge in [-0.3, -0.25) is 4.79 Å². The van der Waals surface area contributed by atoms with Gasteiger partial charge in [0, 0.05) is 24.3 Å². The predicted molar refractivity (Wildman–Crippen MR) is 80.6 cm³/mol. The van der Waals surface area contributed by atoms with Crippen LogP contribution in [0.3, 0.4) is 0 Å². The lowest BCUT2D eigenvalue weighted by atomic mass is 10.1. The summed E-state index contributed by atoms with van der Waals surface area (Å²) in [5.74, 6) is -1.78. The number of carbonyl (C=O) groups is 2. The Balaban J connectivity index is 2.82. The first-order valence-electron chi connectivity index (χ1n) is 6.97. The van der Waals surface area contributed by atoms with E-state index in [1.807, 2.05) is 26.0 Å². The highest BCUT2D eigenvalue weighted by molar-refractivity contribution is 5.97. The zero-order chi connectivity index (χ0) is 16.0. The largest absolute Gasteiger partial charge is 0.480 e. The minimum atomic E-state index is -1.32. The average molecular weight is 294 g/mol. The first kappa shape index (κ1) is 17.0. The maximum atomic E-state index is 12.0. The van der Waals surface area contributed by atoms with E-state index in [1.165, 1.54) is 6.92 Å². The fraction of sp³-hybridized carbons (Fsp3) is 0.467.